The van der Waals surface area contributed by atoms with Gasteiger partial charge in [0, 0.05) is 16.2 Å². The zero-order valence-electron chi connectivity index (χ0n) is 7.69. The van der Waals surface area contributed by atoms with E-state index in [0.717, 1.165) is 10.5 Å². The molecule has 1 aromatic rings. The number of hydrogen-bond acceptors (Lipinski definition) is 3. The van der Waals surface area contributed by atoms with Crippen molar-refractivity contribution in [2.75, 3.05) is 12.9 Å². The van der Waals surface area contributed by atoms with E-state index in [0.29, 0.717) is 11.5 Å². The number of rotatable bonds is 2. The van der Waals surface area contributed by atoms with Crippen LogP contribution < -0.4 is 4.74 Å². The summed E-state index contributed by atoms with van der Waals surface area (Å²) >= 11 is 1.57. The number of ether oxygens (including phenoxy) is 1. The van der Waals surface area contributed by atoms with Gasteiger partial charge in [-0.2, -0.15) is 0 Å². The lowest BCUT2D eigenvalue weighted by atomic mass is 10.0. The molecule has 1 N–H and O–H groups in total. The Hall–Kier alpha value is -1.16. The van der Waals surface area contributed by atoms with Gasteiger partial charge in [0.05, 0.1) is 13.0 Å². The standard InChI is InChI=1S/C10H10O3S/c1-13-7-3-2-4-8-9(7)6(5-14-8)10(11)12/h2-4,6H,5H2,1H3,(H,11,12). The topological polar surface area (TPSA) is 46.5 Å². The third-order valence-electron chi connectivity index (χ3n) is 2.30. The average Bonchev–Trinajstić information content (AvgIpc) is 2.60. The molecule has 0 saturated heterocycles. The molecule has 0 radical (unpaired) electrons. The maximum Gasteiger partial charge on any atom is 0.312 e. The van der Waals surface area contributed by atoms with Crippen molar-refractivity contribution in [3.8, 4) is 5.75 Å². The van der Waals surface area contributed by atoms with E-state index in [4.69, 9.17) is 9.84 Å². The lowest BCUT2D eigenvalue weighted by Gasteiger charge is -2.09. The van der Waals surface area contributed by atoms with Crippen LogP contribution in [0.1, 0.15) is 11.5 Å². The van der Waals surface area contributed by atoms with E-state index < -0.39 is 11.9 Å². The van der Waals surface area contributed by atoms with Crippen molar-refractivity contribution in [3.05, 3.63) is 23.8 Å². The number of carboxylic acid groups (broad SMARTS) is 1. The molecular weight excluding hydrogens is 200 g/mol. The van der Waals surface area contributed by atoms with Gasteiger partial charge in [0.25, 0.3) is 0 Å². The summed E-state index contributed by atoms with van der Waals surface area (Å²) in [7, 11) is 1.57. The summed E-state index contributed by atoms with van der Waals surface area (Å²) in [6.07, 6.45) is 0. The molecule has 3 nitrogen and oxygen atoms in total. The molecule has 1 aromatic carbocycles. The van der Waals surface area contributed by atoms with E-state index >= 15 is 0 Å². The van der Waals surface area contributed by atoms with Crippen molar-refractivity contribution < 1.29 is 14.6 Å². The van der Waals surface area contributed by atoms with Crippen LogP contribution in [0.15, 0.2) is 23.1 Å². The van der Waals surface area contributed by atoms with Crippen molar-refractivity contribution in [1.82, 2.24) is 0 Å². The molecule has 0 aliphatic carbocycles. The number of benzene rings is 1. The number of hydrogen-bond donors (Lipinski definition) is 1. The summed E-state index contributed by atoms with van der Waals surface area (Å²) < 4.78 is 5.16. The van der Waals surface area contributed by atoms with Crippen LogP contribution in [0.2, 0.25) is 0 Å². The number of aliphatic carboxylic acids is 1. The molecule has 0 saturated carbocycles. The van der Waals surface area contributed by atoms with Crippen LogP contribution in [-0.2, 0) is 4.79 Å². The summed E-state index contributed by atoms with van der Waals surface area (Å²) in [4.78, 5) is 12.0. The quantitative estimate of drug-likeness (QED) is 0.810. The van der Waals surface area contributed by atoms with E-state index in [1.54, 1.807) is 24.9 Å². The molecule has 0 amide bonds. The van der Waals surface area contributed by atoms with Crippen LogP contribution in [0.4, 0.5) is 0 Å². The second-order valence-corrected chi connectivity index (χ2v) is 4.14. The minimum Gasteiger partial charge on any atom is -0.496 e. The van der Waals surface area contributed by atoms with Gasteiger partial charge < -0.3 is 9.84 Å². The molecule has 1 unspecified atom stereocenters. The summed E-state index contributed by atoms with van der Waals surface area (Å²) in [5, 5.41) is 9.01. The Morgan fingerprint density at radius 3 is 3.07 bits per heavy atom. The molecule has 14 heavy (non-hydrogen) atoms. The highest BCUT2D eigenvalue weighted by Gasteiger charge is 2.31. The molecule has 1 heterocycles. The van der Waals surface area contributed by atoms with Crippen LogP contribution in [0.25, 0.3) is 0 Å². The van der Waals surface area contributed by atoms with Crippen molar-refractivity contribution in [2.45, 2.75) is 10.8 Å². The molecule has 1 aliphatic rings. The first kappa shape index (κ1) is 9.40. The van der Waals surface area contributed by atoms with Gasteiger partial charge in [-0.3, -0.25) is 4.79 Å². The number of thioether (sulfide) groups is 1. The zero-order valence-corrected chi connectivity index (χ0v) is 8.50. The van der Waals surface area contributed by atoms with Crippen molar-refractivity contribution in [2.24, 2.45) is 0 Å². The Kier molecular flexibility index (Phi) is 2.37. The highest BCUT2D eigenvalue weighted by atomic mass is 32.2. The number of carboxylic acids is 1. The molecule has 2 rings (SSSR count). The van der Waals surface area contributed by atoms with Crippen molar-refractivity contribution in [1.29, 1.82) is 0 Å². The van der Waals surface area contributed by atoms with Gasteiger partial charge in [-0.25, -0.2) is 0 Å². The van der Waals surface area contributed by atoms with E-state index in [1.807, 2.05) is 12.1 Å². The van der Waals surface area contributed by atoms with E-state index in [9.17, 15) is 4.79 Å². The van der Waals surface area contributed by atoms with Gasteiger partial charge in [0.1, 0.15) is 5.75 Å². The zero-order chi connectivity index (χ0) is 10.1. The Bertz CT molecular complexity index is 376. The number of carbonyl (C=O) groups is 1. The summed E-state index contributed by atoms with van der Waals surface area (Å²) in [5.74, 6) is 0.0807. The predicted octanol–water partition coefficient (Wildman–Crippen LogP) is 1.97. The summed E-state index contributed by atoms with van der Waals surface area (Å²) in [6.45, 7) is 0. The van der Waals surface area contributed by atoms with Crippen LogP contribution in [-0.4, -0.2) is 23.9 Å². The maximum absolute atomic E-state index is 11.0. The Balaban J connectivity index is 2.50. The molecule has 0 aromatic heterocycles. The average molecular weight is 210 g/mol. The van der Waals surface area contributed by atoms with Gasteiger partial charge in [-0.15, -0.1) is 11.8 Å². The molecule has 1 atom stereocenters. The molecule has 74 valence electrons. The third kappa shape index (κ3) is 1.35. The smallest absolute Gasteiger partial charge is 0.312 e. The van der Waals surface area contributed by atoms with E-state index in [1.165, 1.54) is 0 Å². The van der Waals surface area contributed by atoms with E-state index in [-0.39, 0.29) is 0 Å². The van der Waals surface area contributed by atoms with Gasteiger partial charge in [-0.1, -0.05) is 6.07 Å². The third-order valence-corrected chi connectivity index (χ3v) is 3.47. The lowest BCUT2D eigenvalue weighted by Crippen LogP contribution is -2.11. The van der Waals surface area contributed by atoms with Gasteiger partial charge in [0.15, 0.2) is 0 Å². The maximum atomic E-state index is 11.0. The number of fused-ring (bicyclic) bond motifs is 1. The predicted molar refractivity (Wildman–Crippen MR) is 54.1 cm³/mol. The molecule has 0 spiro atoms. The highest BCUT2D eigenvalue weighted by molar-refractivity contribution is 7.99. The first-order chi connectivity index (χ1) is 6.74. The summed E-state index contributed by atoms with van der Waals surface area (Å²) in [5.41, 5.74) is 0.826. The second-order valence-electron chi connectivity index (χ2n) is 3.07. The fourth-order valence-corrected chi connectivity index (χ4v) is 2.85. The van der Waals surface area contributed by atoms with Crippen LogP contribution in [0, 0.1) is 0 Å². The molecule has 0 fully saturated rings. The Morgan fingerprint density at radius 2 is 2.43 bits per heavy atom. The van der Waals surface area contributed by atoms with Crippen molar-refractivity contribution in [3.63, 3.8) is 0 Å². The minimum absolute atomic E-state index is 0.425. The normalized spacial score (nSPS) is 19.1. The monoisotopic (exact) mass is 210 g/mol. The minimum atomic E-state index is -0.777. The fourth-order valence-electron chi connectivity index (χ4n) is 1.62. The number of methoxy groups -OCH3 is 1. The Labute approximate surface area is 86.1 Å². The molecular formula is C10H10O3S. The SMILES string of the molecule is COc1cccc2c1C(C(=O)O)CS2. The van der Waals surface area contributed by atoms with Gasteiger partial charge >= 0.3 is 5.97 Å². The van der Waals surface area contributed by atoms with Gasteiger partial charge in [-0.05, 0) is 12.1 Å². The first-order valence-electron chi connectivity index (χ1n) is 4.26. The van der Waals surface area contributed by atoms with Crippen molar-refractivity contribution >= 4 is 17.7 Å². The van der Waals surface area contributed by atoms with Crippen LogP contribution in [0.3, 0.4) is 0 Å². The largest absolute Gasteiger partial charge is 0.496 e. The second kappa shape index (κ2) is 3.53. The molecule has 4 heteroatoms. The summed E-state index contributed by atoms with van der Waals surface area (Å²) in [6, 6.07) is 5.63. The lowest BCUT2D eigenvalue weighted by molar-refractivity contribution is -0.138. The Morgan fingerprint density at radius 1 is 1.64 bits per heavy atom. The first-order valence-corrected chi connectivity index (χ1v) is 5.25. The van der Waals surface area contributed by atoms with E-state index in [2.05, 4.69) is 0 Å². The molecule has 0 bridgehead atoms. The van der Waals surface area contributed by atoms with Crippen LogP contribution >= 0.6 is 11.8 Å². The van der Waals surface area contributed by atoms with Crippen LogP contribution in [0.5, 0.6) is 5.75 Å². The fraction of sp³-hybridized carbons (Fsp3) is 0.300. The molecule has 1 aliphatic heterocycles. The van der Waals surface area contributed by atoms with Gasteiger partial charge in [0.2, 0.25) is 0 Å². The highest BCUT2D eigenvalue weighted by Crippen LogP contribution is 2.44.